The van der Waals surface area contributed by atoms with E-state index in [0.717, 1.165) is 12.1 Å². The van der Waals surface area contributed by atoms with Gasteiger partial charge in [-0.05, 0) is 63.6 Å². The van der Waals surface area contributed by atoms with Gasteiger partial charge in [0.1, 0.15) is 29.3 Å². The lowest BCUT2D eigenvalue weighted by Crippen LogP contribution is -2.51. The van der Waals surface area contributed by atoms with Crippen molar-refractivity contribution in [1.82, 2.24) is 30.0 Å². The molecule has 2 aromatic carbocycles. The second kappa shape index (κ2) is 15.1. The number of carbonyl (C=O) groups is 3. The smallest absolute Gasteiger partial charge is 0.410 e. The van der Waals surface area contributed by atoms with E-state index in [0.29, 0.717) is 22.2 Å². The van der Waals surface area contributed by atoms with Crippen molar-refractivity contribution < 1.29 is 46.2 Å². The van der Waals surface area contributed by atoms with Crippen LogP contribution in [-0.4, -0.2) is 79.8 Å². The Balaban J connectivity index is 1.21. The van der Waals surface area contributed by atoms with Crippen LogP contribution in [0.25, 0.3) is 16.6 Å². The molecule has 3 amide bonds. The Morgan fingerprint density at radius 1 is 1.12 bits per heavy atom. The molecule has 0 radical (unpaired) electrons. The molecule has 0 saturated carbocycles. The van der Waals surface area contributed by atoms with Crippen LogP contribution in [0, 0.1) is 29.9 Å². The van der Waals surface area contributed by atoms with Gasteiger partial charge in [0, 0.05) is 29.9 Å². The summed E-state index contributed by atoms with van der Waals surface area (Å²) in [7, 11) is 0. The number of aromatic amines is 1. The fourth-order valence-corrected chi connectivity index (χ4v) is 5.89. The summed E-state index contributed by atoms with van der Waals surface area (Å²) in [6.07, 6.45) is -0.874. The molecule has 56 heavy (non-hydrogen) atoms. The number of likely N-dealkylation sites (tertiary alicyclic amines) is 1. The Morgan fingerprint density at radius 2 is 1.86 bits per heavy atom. The highest BCUT2D eigenvalue weighted by molar-refractivity contribution is 6.13. The predicted molar refractivity (Wildman–Crippen MR) is 193 cm³/mol. The maximum absolute atomic E-state index is 14.1. The monoisotopic (exact) mass is 777 g/mol. The number of benzene rings is 2. The molecule has 19 heteroatoms. The first-order chi connectivity index (χ1) is 26.5. The average Bonchev–Trinajstić information content (AvgIpc) is 3.85. The van der Waals surface area contributed by atoms with E-state index in [9.17, 15) is 37.2 Å². The van der Waals surface area contributed by atoms with Gasteiger partial charge in [-0.3, -0.25) is 4.79 Å². The normalized spacial score (nSPS) is 15.5. The number of halogens is 4. The van der Waals surface area contributed by atoms with Crippen LogP contribution in [0.4, 0.5) is 38.7 Å². The molecule has 1 fully saturated rings. The highest BCUT2D eigenvalue weighted by Gasteiger charge is 2.43. The first kappa shape index (κ1) is 38.9. The summed E-state index contributed by atoms with van der Waals surface area (Å²) in [6, 6.07) is 9.99. The minimum absolute atomic E-state index is 0.0181. The lowest BCUT2D eigenvalue weighted by atomic mass is 10.0. The number of alkyl halides is 2. The molecular weight excluding hydrogens is 742 g/mol. The molecule has 1 aliphatic heterocycles. The number of nitrogens with two attached hydrogens (primary N) is 1. The van der Waals surface area contributed by atoms with Crippen molar-refractivity contribution in [2.75, 3.05) is 30.7 Å². The molecule has 1 atom stereocenters. The van der Waals surface area contributed by atoms with E-state index < -0.39 is 59.5 Å². The van der Waals surface area contributed by atoms with Crippen LogP contribution in [0.3, 0.4) is 0 Å². The third kappa shape index (κ3) is 8.28. The van der Waals surface area contributed by atoms with Gasteiger partial charge in [-0.2, -0.15) is 10.4 Å². The third-order valence-corrected chi connectivity index (χ3v) is 8.53. The minimum atomic E-state index is -2.85. The maximum atomic E-state index is 14.1. The van der Waals surface area contributed by atoms with Gasteiger partial charge in [-0.15, -0.1) is 0 Å². The van der Waals surface area contributed by atoms with Crippen LogP contribution in [0.15, 0.2) is 54.9 Å². The van der Waals surface area contributed by atoms with E-state index in [-0.39, 0.29) is 53.9 Å². The predicted octanol–water partition coefficient (Wildman–Crippen LogP) is 6.61. The van der Waals surface area contributed by atoms with Crippen molar-refractivity contribution in [2.24, 2.45) is 0 Å². The van der Waals surface area contributed by atoms with E-state index in [1.165, 1.54) is 52.3 Å². The maximum Gasteiger partial charge on any atom is 0.410 e. The quantitative estimate of drug-likeness (QED) is 0.0883. The largest absolute Gasteiger partial charge is 0.485 e. The van der Waals surface area contributed by atoms with Gasteiger partial charge < -0.3 is 40.5 Å². The molecule has 1 unspecified atom stereocenters. The number of aromatic nitrogens is 4. The summed E-state index contributed by atoms with van der Waals surface area (Å²) >= 11 is 0. The number of urea groups is 1. The first-order valence-corrected chi connectivity index (χ1v) is 17.0. The van der Waals surface area contributed by atoms with Crippen LogP contribution in [0.1, 0.15) is 48.8 Å². The minimum Gasteiger partial charge on any atom is -0.485 e. The summed E-state index contributed by atoms with van der Waals surface area (Å²) in [6.45, 7) is 5.70. The van der Waals surface area contributed by atoms with Crippen molar-refractivity contribution >= 4 is 40.3 Å². The number of H-pyrrole nitrogens is 1. The molecule has 1 aliphatic rings. The Hall–Kier alpha value is -6.84. The van der Waals surface area contributed by atoms with Gasteiger partial charge in [0.15, 0.2) is 11.6 Å². The molecule has 0 aliphatic carbocycles. The molecule has 5 aromatic rings. The van der Waals surface area contributed by atoms with Gasteiger partial charge in [0.2, 0.25) is 17.4 Å². The van der Waals surface area contributed by atoms with Crippen molar-refractivity contribution in [3.8, 4) is 29.1 Å². The second-order valence-electron chi connectivity index (χ2n) is 13.9. The number of hydrogen-bond acceptors (Lipinski definition) is 10. The molecule has 15 nitrogen and oxygen atoms in total. The number of aryl methyl sites for hydroxylation is 1. The fraction of sp³-hybridized carbons (Fsp3) is 0.297. The van der Waals surface area contributed by atoms with Gasteiger partial charge in [0.05, 0.1) is 47.6 Å². The lowest BCUT2D eigenvalue weighted by molar-refractivity contribution is 0.0286. The van der Waals surface area contributed by atoms with Crippen molar-refractivity contribution in [3.63, 3.8) is 0 Å². The Labute approximate surface area is 316 Å². The summed E-state index contributed by atoms with van der Waals surface area (Å²) < 4.78 is 71.9. The number of nitrogens with zero attached hydrogens (tertiary/aromatic N) is 5. The highest BCUT2D eigenvalue weighted by Crippen LogP contribution is 2.34. The number of rotatable bonds is 10. The number of pyridine rings is 1. The molecule has 5 N–H and O–H groups in total. The summed E-state index contributed by atoms with van der Waals surface area (Å²) in [5.41, 5.74) is 5.17. The lowest BCUT2D eigenvalue weighted by Gasteiger charge is -2.26. The van der Waals surface area contributed by atoms with E-state index in [4.69, 9.17) is 19.9 Å². The highest BCUT2D eigenvalue weighted by atomic mass is 19.3. The Morgan fingerprint density at radius 3 is 2.52 bits per heavy atom. The Kier molecular flexibility index (Phi) is 10.5. The van der Waals surface area contributed by atoms with Gasteiger partial charge in [-0.1, -0.05) is 6.07 Å². The van der Waals surface area contributed by atoms with E-state index in [1.807, 2.05) is 6.07 Å². The van der Waals surface area contributed by atoms with Crippen LogP contribution in [0.5, 0.6) is 17.4 Å². The molecule has 292 valence electrons. The summed E-state index contributed by atoms with van der Waals surface area (Å²) in [5.74, 6) is -3.38. The van der Waals surface area contributed by atoms with Crippen molar-refractivity contribution in [2.45, 2.75) is 51.7 Å². The van der Waals surface area contributed by atoms with Gasteiger partial charge >= 0.3 is 12.1 Å². The molecule has 0 spiro atoms. The number of nitrogens with one attached hydrogen (secondary N) is 3. The molecule has 6 rings (SSSR count). The van der Waals surface area contributed by atoms with E-state index in [2.05, 4.69) is 25.7 Å². The average molecular weight is 778 g/mol. The second-order valence-corrected chi connectivity index (χ2v) is 13.9. The van der Waals surface area contributed by atoms with Crippen LogP contribution in [0.2, 0.25) is 0 Å². The zero-order valence-electron chi connectivity index (χ0n) is 30.4. The number of ether oxygens (including phenoxy) is 3. The molecular formula is C37H35F4N9O6. The zero-order valence-corrected chi connectivity index (χ0v) is 30.4. The first-order valence-electron chi connectivity index (χ1n) is 17.0. The number of nitriles is 1. The van der Waals surface area contributed by atoms with Gasteiger partial charge in [0.25, 0.3) is 6.43 Å². The van der Waals surface area contributed by atoms with Crippen LogP contribution >= 0.6 is 0 Å². The number of nitrogen functional groups attached to an aromatic ring is 1. The standard InChI is InChI=1S/C37H35F4N9O6/c1-19-10-30(55-32-22(38)6-5-7-23(32)39)44-15-27(19)50-33(43)21(14-45-50)31(51)26-11-20-12-28(54-16-29(40)41)25(13-24(20)46-26)47-34(52)48-37(17-42)8-9-49(18-37)35(53)56-36(2,3)4/h5-7,10-15,29,46H,8-9,16,18,43H2,1-4H3,(H2,47,48,52). The number of fused-ring (bicyclic) bond motifs is 1. The third-order valence-electron chi connectivity index (χ3n) is 8.53. The molecule has 4 heterocycles. The van der Waals surface area contributed by atoms with Crippen molar-refractivity contribution in [1.29, 1.82) is 5.26 Å². The number of hydrogen-bond donors (Lipinski definition) is 4. The number of ketones is 1. The number of carbonyl (C=O) groups excluding carboxylic acids is 3. The number of para-hydroxylation sites is 1. The molecule has 3 aromatic heterocycles. The number of anilines is 2. The van der Waals surface area contributed by atoms with Crippen molar-refractivity contribution in [3.05, 3.63) is 83.3 Å². The Bertz CT molecular complexity index is 2370. The topological polar surface area (TPSA) is 203 Å². The number of amides is 3. The summed E-state index contributed by atoms with van der Waals surface area (Å²) in [5, 5.41) is 19.7. The molecule has 1 saturated heterocycles. The fourth-order valence-electron chi connectivity index (χ4n) is 5.89. The molecule has 0 bridgehead atoms. The summed E-state index contributed by atoms with van der Waals surface area (Å²) in [4.78, 5) is 47.9. The van der Waals surface area contributed by atoms with Gasteiger partial charge in [-0.25, -0.2) is 36.8 Å². The van der Waals surface area contributed by atoms with E-state index in [1.54, 1.807) is 27.7 Å². The SMILES string of the molecule is Cc1cc(Oc2c(F)cccc2F)ncc1-n1ncc(C(=O)c2cc3cc(OCC(F)F)c(NC(=O)NC4(C#N)CCN(C(=O)OC(C)(C)C)C4)cc3[nH]2)c1N. The van der Waals surface area contributed by atoms with Crippen LogP contribution in [-0.2, 0) is 4.74 Å². The van der Waals surface area contributed by atoms with Crippen LogP contribution < -0.4 is 25.8 Å². The zero-order chi connectivity index (χ0) is 40.5. The van der Waals surface area contributed by atoms with E-state index >= 15 is 0 Å².